The summed E-state index contributed by atoms with van der Waals surface area (Å²) in [6.07, 6.45) is -2.92. The van der Waals surface area contributed by atoms with Crippen LogP contribution >= 0.6 is 0 Å². The average molecular weight is 1090 g/mol. The molecule has 0 aromatic heterocycles. The van der Waals surface area contributed by atoms with Crippen molar-refractivity contribution in [3.05, 3.63) is 59.7 Å². The summed E-state index contributed by atoms with van der Waals surface area (Å²) < 4.78 is 11.0. The molecule has 0 aliphatic heterocycles. The fourth-order valence-electron chi connectivity index (χ4n) is 6.72. The summed E-state index contributed by atoms with van der Waals surface area (Å²) >= 11 is 0. The summed E-state index contributed by atoms with van der Waals surface area (Å²) in [5.41, 5.74) is 2.27. The minimum Gasteiger partial charge on any atom is -0.481 e. The number of carboxylic acid groups (broad SMARTS) is 1. The number of benzene rings is 2. The number of ether oxygens (including phenoxy) is 2. The first-order valence-corrected chi connectivity index (χ1v) is 21.6. The lowest BCUT2D eigenvalue weighted by molar-refractivity contribution is -0.870. The number of hydrogen-bond donors (Lipinski definition) is 1. The molecule has 0 heterocycles. The molecule has 0 amide bonds. The molecule has 0 spiro atoms. The molecule has 35 heteroatoms. The van der Waals surface area contributed by atoms with Gasteiger partial charge in [-0.05, 0) is 145 Å². The molecule has 75 heavy (non-hydrogen) atoms. The molecular formula is C40H52O35. The molecule has 1 N–H and O–H groups in total. The highest BCUT2D eigenvalue weighted by atomic mass is 18.0. The van der Waals surface area contributed by atoms with Gasteiger partial charge in [0, 0.05) is 56.3 Å². The van der Waals surface area contributed by atoms with Gasteiger partial charge in [0.15, 0.2) is 0 Å². The quantitative estimate of drug-likeness (QED) is 0.0416. The van der Waals surface area contributed by atoms with Crippen molar-refractivity contribution in [3.63, 3.8) is 0 Å². The van der Waals surface area contributed by atoms with E-state index in [0.29, 0.717) is 0 Å². The van der Waals surface area contributed by atoms with Gasteiger partial charge in [0.25, 0.3) is 0 Å². The molecule has 35 nitrogen and oxygen atoms in total. The Kier molecular flexibility index (Phi) is 32.8. The van der Waals surface area contributed by atoms with E-state index in [1.165, 1.54) is 6.92 Å². The van der Waals surface area contributed by atoms with Crippen LogP contribution in [0.25, 0.3) is 11.1 Å². The summed E-state index contributed by atoms with van der Waals surface area (Å²) in [6, 6.07) is 15.7. The van der Waals surface area contributed by atoms with Gasteiger partial charge >= 0.3 is 17.9 Å². The molecule has 2 aromatic carbocycles. The molecule has 1 aliphatic carbocycles. The van der Waals surface area contributed by atoms with Crippen molar-refractivity contribution < 1.29 is 174 Å². The summed E-state index contributed by atoms with van der Waals surface area (Å²) in [4.78, 5) is 95.2. The highest BCUT2D eigenvalue weighted by Crippen LogP contribution is 2.44. The topological polar surface area (TPSA) is 381 Å². The van der Waals surface area contributed by atoms with Gasteiger partial charge in [-0.1, -0.05) is 69.3 Å². The highest BCUT2D eigenvalue weighted by Gasteiger charge is 2.38. The lowest BCUT2D eigenvalue weighted by atomic mass is 9.82. The van der Waals surface area contributed by atoms with Gasteiger partial charge < -0.3 is 14.6 Å². The zero-order valence-electron chi connectivity index (χ0n) is 40.2. The number of Topliss-reactive ketones (excluding diaryl/α,β-unsaturated/α-hetero) is 3. The largest absolute Gasteiger partial charge is 0.481 e. The Hall–Kier alpha value is -5.18. The van der Waals surface area contributed by atoms with Gasteiger partial charge in [0.1, 0.15) is 30.6 Å². The first-order valence-electron chi connectivity index (χ1n) is 21.6. The highest BCUT2D eigenvalue weighted by molar-refractivity contribution is 5.92. The first kappa shape index (κ1) is 64.1. The number of carbonyl (C=O) groups is 6. The second kappa shape index (κ2) is 38.4. The lowest BCUT2D eigenvalue weighted by Gasteiger charge is -2.30. The van der Waals surface area contributed by atoms with Crippen molar-refractivity contribution in [3.8, 4) is 11.1 Å². The van der Waals surface area contributed by atoms with E-state index in [0.717, 1.165) is 36.5 Å². The predicted molar refractivity (Wildman–Crippen MR) is 215 cm³/mol. The first-order chi connectivity index (χ1) is 36.3. The standard InChI is InChI=1S/C40H52O35/c1-26(2)33(20-39(47)50-22-34-31-13-8-6-11-29(31)30-12-7-9-14-32(30)34)36(43)19-27(3)35(42)18-17-28(41)21-40(23-51-38(46)16-10-15-37(44)45,24-52-56-60-64-68-72-74-70-66-62-58-54-48-4)25-53-57-61-65-69-73-75-71-67-63-59-55-49-5/h6-9,11-14,26-27,33-34H,10,15-25H2,1-5H3,(H,44,45). The normalized spacial score (nSPS) is 13.1. The molecule has 2 unspecified atom stereocenters. The van der Waals surface area contributed by atoms with Crippen molar-refractivity contribution >= 4 is 35.3 Å². The van der Waals surface area contributed by atoms with E-state index in [1.807, 2.05) is 48.5 Å². The second-order valence-electron chi connectivity index (χ2n) is 15.5. The van der Waals surface area contributed by atoms with Crippen molar-refractivity contribution in [1.82, 2.24) is 0 Å². The van der Waals surface area contributed by atoms with Crippen LogP contribution < -0.4 is 0 Å². The smallest absolute Gasteiger partial charge is 0.306 e. The molecule has 3 rings (SSSR count). The summed E-state index contributed by atoms with van der Waals surface area (Å²) in [5, 5.41) is 93.6. The van der Waals surface area contributed by atoms with Crippen LogP contribution in [0.4, 0.5) is 0 Å². The summed E-state index contributed by atoms with van der Waals surface area (Å²) in [6.45, 7) is 2.62. The number of hydrogen-bond acceptors (Lipinski definition) is 34. The SMILES string of the molecule is COOOOOOOOOOOOOCC(COOOOOOOOOOOOOC)(COC(=O)CCCC(=O)O)CC(=O)CCC(=O)C(C)CC(=O)C(CC(=O)OCC1c2ccccc2-c2ccccc21)C(C)C. The molecule has 0 saturated carbocycles. The van der Waals surface area contributed by atoms with Crippen LogP contribution in [0.15, 0.2) is 48.5 Å². The molecule has 1 aliphatic rings. The molecule has 422 valence electrons. The van der Waals surface area contributed by atoms with E-state index in [1.54, 1.807) is 13.8 Å². The number of rotatable bonds is 48. The minimum absolute atomic E-state index is 0.0670. The van der Waals surface area contributed by atoms with Gasteiger partial charge in [0.2, 0.25) is 0 Å². The summed E-state index contributed by atoms with van der Waals surface area (Å²) in [5.74, 6) is -6.41. The maximum absolute atomic E-state index is 13.6. The maximum Gasteiger partial charge on any atom is 0.306 e. The van der Waals surface area contributed by atoms with Gasteiger partial charge in [-0.25, -0.2) is 19.6 Å². The number of fused-ring (bicyclic) bond motifs is 3. The molecule has 0 fully saturated rings. The van der Waals surface area contributed by atoms with Crippen LogP contribution in [0.3, 0.4) is 0 Å². The second-order valence-corrected chi connectivity index (χ2v) is 15.5. The number of aliphatic carboxylic acids is 1. The fourth-order valence-corrected chi connectivity index (χ4v) is 6.72. The van der Waals surface area contributed by atoms with E-state index < -0.39 is 85.8 Å². The minimum atomic E-state index is -1.89. The van der Waals surface area contributed by atoms with Crippen LogP contribution in [-0.4, -0.2) is 81.0 Å². The van der Waals surface area contributed by atoms with Crippen molar-refractivity contribution in [2.75, 3.05) is 40.6 Å². The molecule has 0 radical (unpaired) electrons. The predicted octanol–water partition coefficient (Wildman–Crippen LogP) is 4.34. The molecular weight excluding hydrogens is 1040 g/mol. The number of carbonyl (C=O) groups excluding carboxylic acids is 5. The summed E-state index contributed by atoms with van der Waals surface area (Å²) in [7, 11) is 2.11. The van der Waals surface area contributed by atoms with Crippen LogP contribution in [0, 0.1) is 23.2 Å². The molecule has 2 atom stereocenters. The Morgan fingerprint density at radius 2 is 0.960 bits per heavy atom. The van der Waals surface area contributed by atoms with E-state index in [-0.39, 0.29) is 56.3 Å². The Morgan fingerprint density at radius 1 is 0.507 bits per heavy atom. The van der Waals surface area contributed by atoms with Crippen LogP contribution in [0.5, 0.6) is 0 Å². The monoisotopic (exact) mass is 1090 g/mol. The zero-order chi connectivity index (χ0) is 54.5. The lowest BCUT2D eigenvalue weighted by Crippen LogP contribution is -2.40. The van der Waals surface area contributed by atoms with E-state index >= 15 is 0 Å². The average Bonchev–Trinajstić information content (AvgIpc) is 3.71. The Balaban J connectivity index is 1.59. The third kappa shape index (κ3) is 26.4. The Morgan fingerprint density at radius 3 is 1.41 bits per heavy atom. The number of carboxylic acids is 1. The van der Waals surface area contributed by atoms with E-state index in [2.05, 4.69) is 121 Å². The maximum atomic E-state index is 13.6. The van der Waals surface area contributed by atoms with Gasteiger partial charge in [0.05, 0.1) is 39.3 Å². The Bertz CT molecular complexity index is 1890. The number of ketones is 3. The molecule has 2 aromatic rings. The third-order valence-electron chi connectivity index (χ3n) is 10.1. The number of esters is 2. The van der Waals surface area contributed by atoms with Crippen molar-refractivity contribution in [2.45, 2.75) is 78.1 Å². The van der Waals surface area contributed by atoms with Gasteiger partial charge in [-0.15, -0.1) is 0 Å². The zero-order valence-corrected chi connectivity index (χ0v) is 40.2. The van der Waals surface area contributed by atoms with Crippen LogP contribution in [-0.2, 0) is 169 Å². The Labute approximate surface area is 421 Å². The van der Waals surface area contributed by atoms with Crippen LogP contribution in [0.2, 0.25) is 0 Å². The third-order valence-corrected chi connectivity index (χ3v) is 10.1. The van der Waals surface area contributed by atoms with Gasteiger partial charge in [-0.3, -0.25) is 28.8 Å². The molecule has 0 bridgehead atoms. The van der Waals surface area contributed by atoms with Gasteiger partial charge in [-0.2, -0.15) is 0 Å². The van der Waals surface area contributed by atoms with E-state index in [4.69, 9.17) is 24.4 Å². The van der Waals surface area contributed by atoms with Crippen molar-refractivity contribution in [1.29, 1.82) is 0 Å². The van der Waals surface area contributed by atoms with Crippen LogP contribution in [0.1, 0.15) is 89.2 Å². The molecule has 0 saturated heterocycles. The van der Waals surface area contributed by atoms with Crippen molar-refractivity contribution in [2.24, 2.45) is 23.2 Å². The van der Waals surface area contributed by atoms with E-state index in [9.17, 15) is 28.8 Å². The fraction of sp³-hybridized carbons (Fsp3) is 0.550.